The van der Waals surface area contributed by atoms with Gasteiger partial charge in [-0.15, -0.1) is 0 Å². The molecular weight excluding hydrogens is 176 g/mol. The quantitative estimate of drug-likeness (QED) is 0.526. The molecule has 68 valence electrons. The van der Waals surface area contributed by atoms with E-state index in [1.54, 1.807) is 0 Å². The number of carboxylic acids is 1. The average molecular weight is 182 g/mol. The lowest BCUT2D eigenvalue weighted by Crippen LogP contribution is -2.02. The SMILES string of the molecule is O=C(O)c1ccc(C(=O)OO)cc1. The lowest BCUT2D eigenvalue weighted by atomic mass is 10.1. The van der Waals surface area contributed by atoms with Crippen molar-refractivity contribution in [2.24, 2.45) is 0 Å². The van der Waals surface area contributed by atoms with Crippen LogP contribution in [0.3, 0.4) is 0 Å². The number of aromatic carboxylic acids is 1. The summed E-state index contributed by atoms with van der Waals surface area (Å²) < 4.78 is 0. The van der Waals surface area contributed by atoms with Crippen molar-refractivity contribution in [3.05, 3.63) is 35.4 Å². The summed E-state index contributed by atoms with van der Waals surface area (Å²) in [7, 11) is 0. The zero-order valence-electron chi connectivity index (χ0n) is 6.43. The van der Waals surface area contributed by atoms with Crippen LogP contribution < -0.4 is 0 Å². The standard InChI is InChI=1S/C8H6O5/c9-7(10)5-1-3-6(4-2-5)8(11)13-12/h1-4,12H,(H,9,10). The Kier molecular flexibility index (Phi) is 2.61. The zero-order valence-corrected chi connectivity index (χ0v) is 6.43. The van der Waals surface area contributed by atoms with E-state index in [-0.39, 0.29) is 11.1 Å². The number of carboxylic acid groups (broad SMARTS) is 1. The summed E-state index contributed by atoms with van der Waals surface area (Å²) in [5.74, 6) is -2.00. The van der Waals surface area contributed by atoms with E-state index in [0.29, 0.717) is 0 Å². The minimum absolute atomic E-state index is 0.0643. The van der Waals surface area contributed by atoms with Gasteiger partial charge in [-0.05, 0) is 24.3 Å². The number of carbonyl (C=O) groups excluding carboxylic acids is 1. The van der Waals surface area contributed by atoms with Crippen LogP contribution >= 0.6 is 0 Å². The molecule has 0 heterocycles. The Labute approximate surface area is 73.1 Å². The topological polar surface area (TPSA) is 83.8 Å². The van der Waals surface area contributed by atoms with Crippen LogP contribution in [0.5, 0.6) is 0 Å². The lowest BCUT2D eigenvalue weighted by Gasteiger charge is -1.96. The van der Waals surface area contributed by atoms with Gasteiger partial charge in [-0.25, -0.2) is 9.59 Å². The molecule has 0 unspecified atom stereocenters. The van der Waals surface area contributed by atoms with Crippen molar-refractivity contribution in [2.75, 3.05) is 0 Å². The molecule has 13 heavy (non-hydrogen) atoms. The number of benzene rings is 1. The van der Waals surface area contributed by atoms with Gasteiger partial charge in [0.2, 0.25) is 0 Å². The molecule has 0 saturated heterocycles. The third-order valence-electron chi connectivity index (χ3n) is 1.45. The van der Waals surface area contributed by atoms with Crippen molar-refractivity contribution in [3.8, 4) is 0 Å². The van der Waals surface area contributed by atoms with Crippen LogP contribution in [0.4, 0.5) is 0 Å². The molecule has 1 aromatic rings. The molecule has 0 fully saturated rings. The molecule has 0 saturated carbocycles. The second-order valence-electron chi connectivity index (χ2n) is 2.26. The molecule has 0 aliphatic carbocycles. The molecule has 5 nitrogen and oxygen atoms in total. The fraction of sp³-hybridized carbons (Fsp3) is 0. The fourth-order valence-electron chi connectivity index (χ4n) is 0.802. The molecule has 1 rings (SSSR count). The van der Waals surface area contributed by atoms with Gasteiger partial charge in [0, 0.05) is 0 Å². The minimum atomic E-state index is -1.08. The molecule has 0 amide bonds. The summed E-state index contributed by atoms with van der Waals surface area (Å²) >= 11 is 0. The summed E-state index contributed by atoms with van der Waals surface area (Å²) in [6, 6.07) is 4.99. The Hall–Kier alpha value is -1.88. The normalized spacial score (nSPS) is 9.31. The van der Waals surface area contributed by atoms with Gasteiger partial charge in [0.25, 0.3) is 0 Å². The maximum atomic E-state index is 10.7. The first-order valence-corrected chi connectivity index (χ1v) is 3.34. The van der Waals surface area contributed by atoms with Gasteiger partial charge in [0.1, 0.15) is 0 Å². The predicted octanol–water partition coefficient (Wildman–Crippen LogP) is 1.01. The third kappa shape index (κ3) is 2.03. The van der Waals surface area contributed by atoms with Gasteiger partial charge >= 0.3 is 11.9 Å². The van der Waals surface area contributed by atoms with Crippen molar-refractivity contribution in [3.63, 3.8) is 0 Å². The summed E-state index contributed by atoms with van der Waals surface area (Å²) in [4.78, 5) is 24.5. The highest BCUT2D eigenvalue weighted by Gasteiger charge is 2.07. The minimum Gasteiger partial charge on any atom is -0.478 e. The molecule has 0 aliphatic rings. The first-order valence-electron chi connectivity index (χ1n) is 3.34. The van der Waals surface area contributed by atoms with Crippen LogP contribution in [0, 0.1) is 0 Å². The van der Waals surface area contributed by atoms with Gasteiger partial charge in [-0.1, -0.05) is 0 Å². The summed E-state index contributed by atoms with van der Waals surface area (Å²) in [5, 5.41) is 16.5. The summed E-state index contributed by atoms with van der Waals surface area (Å²) in [6.45, 7) is 0. The fourth-order valence-corrected chi connectivity index (χ4v) is 0.802. The van der Waals surface area contributed by atoms with E-state index in [1.807, 2.05) is 0 Å². The van der Waals surface area contributed by atoms with E-state index in [4.69, 9.17) is 10.4 Å². The second-order valence-corrected chi connectivity index (χ2v) is 2.26. The monoisotopic (exact) mass is 182 g/mol. The van der Waals surface area contributed by atoms with Crippen molar-refractivity contribution in [1.29, 1.82) is 0 Å². The Balaban J connectivity index is 2.93. The molecule has 0 aliphatic heterocycles. The molecular formula is C8H6O5. The lowest BCUT2D eigenvalue weighted by molar-refractivity contribution is -0.182. The Morgan fingerprint density at radius 1 is 1.08 bits per heavy atom. The van der Waals surface area contributed by atoms with E-state index in [0.717, 1.165) is 0 Å². The first-order chi connectivity index (χ1) is 6.15. The number of rotatable bonds is 2. The smallest absolute Gasteiger partial charge is 0.372 e. The Bertz CT molecular complexity index is 327. The molecule has 0 aromatic heterocycles. The maximum absolute atomic E-state index is 10.7. The van der Waals surface area contributed by atoms with E-state index in [1.165, 1.54) is 24.3 Å². The molecule has 0 spiro atoms. The Morgan fingerprint density at radius 2 is 1.54 bits per heavy atom. The van der Waals surface area contributed by atoms with Gasteiger partial charge in [0.15, 0.2) is 0 Å². The maximum Gasteiger partial charge on any atom is 0.372 e. The van der Waals surface area contributed by atoms with Crippen molar-refractivity contribution in [2.45, 2.75) is 0 Å². The Morgan fingerprint density at radius 3 is 1.92 bits per heavy atom. The van der Waals surface area contributed by atoms with Gasteiger partial charge in [-0.2, -0.15) is 5.26 Å². The summed E-state index contributed by atoms with van der Waals surface area (Å²) in [5.41, 5.74) is 0.155. The molecule has 0 radical (unpaired) electrons. The average Bonchev–Trinajstić information content (AvgIpc) is 2.17. The first kappa shape index (κ1) is 9.21. The second kappa shape index (κ2) is 3.68. The molecule has 1 aromatic carbocycles. The molecule has 0 bridgehead atoms. The van der Waals surface area contributed by atoms with E-state index in [9.17, 15) is 9.59 Å². The highest BCUT2D eigenvalue weighted by Crippen LogP contribution is 2.05. The predicted molar refractivity (Wildman–Crippen MR) is 41.4 cm³/mol. The highest BCUT2D eigenvalue weighted by molar-refractivity contribution is 5.92. The van der Waals surface area contributed by atoms with Crippen molar-refractivity contribution < 1.29 is 24.8 Å². The van der Waals surface area contributed by atoms with Gasteiger partial charge in [-0.3, -0.25) is 4.89 Å². The van der Waals surface area contributed by atoms with E-state index >= 15 is 0 Å². The van der Waals surface area contributed by atoms with Crippen LogP contribution in [0.2, 0.25) is 0 Å². The van der Waals surface area contributed by atoms with Crippen LogP contribution in [0.25, 0.3) is 0 Å². The summed E-state index contributed by atoms with van der Waals surface area (Å²) in [6.07, 6.45) is 0. The number of hydrogen-bond acceptors (Lipinski definition) is 4. The largest absolute Gasteiger partial charge is 0.478 e. The van der Waals surface area contributed by atoms with Gasteiger partial charge < -0.3 is 5.11 Å². The number of carbonyl (C=O) groups is 2. The zero-order chi connectivity index (χ0) is 9.84. The molecule has 2 N–H and O–H groups in total. The van der Waals surface area contributed by atoms with Crippen LogP contribution in [0.1, 0.15) is 20.7 Å². The van der Waals surface area contributed by atoms with Crippen LogP contribution in [-0.2, 0) is 4.89 Å². The third-order valence-corrected chi connectivity index (χ3v) is 1.45. The van der Waals surface area contributed by atoms with Crippen LogP contribution in [0.15, 0.2) is 24.3 Å². The molecule has 0 atom stereocenters. The highest BCUT2D eigenvalue weighted by atomic mass is 17.1. The van der Waals surface area contributed by atoms with E-state index < -0.39 is 11.9 Å². The van der Waals surface area contributed by atoms with Crippen molar-refractivity contribution >= 4 is 11.9 Å². The molecule has 5 heteroatoms. The number of hydrogen-bond donors (Lipinski definition) is 2. The van der Waals surface area contributed by atoms with Crippen LogP contribution in [-0.4, -0.2) is 22.3 Å². The van der Waals surface area contributed by atoms with E-state index in [2.05, 4.69) is 4.89 Å². The van der Waals surface area contributed by atoms with Crippen molar-refractivity contribution in [1.82, 2.24) is 0 Å². The van der Waals surface area contributed by atoms with Gasteiger partial charge in [0.05, 0.1) is 11.1 Å².